The van der Waals surface area contributed by atoms with Crippen molar-refractivity contribution in [1.82, 2.24) is 20.1 Å². The number of morpholine rings is 1. The van der Waals surface area contributed by atoms with E-state index in [4.69, 9.17) is 18.9 Å². The summed E-state index contributed by atoms with van der Waals surface area (Å²) < 4.78 is 28.1. The molecule has 1 N–H and O–H groups in total. The van der Waals surface area contributed by atoms with Gasteiger partial charge in [-0.2, -0.15) is 0 Å². The maximum atomic E-state index is 14.3. The van der Waals surface area contributed by atoms with Crippen LogP contribution in [-0.2, 0) is 36.8 Å². The SMILES string of the molecule is COC(=O)NCCCc1cc([C@@H](C)N(C(=O)[C@H]2CN(C(=O)OC(C)(C)C)C[C@@H](COCc3ccccc3)O2)C2CC2)cc(OC)n1. The Morgan fingerprint density at radius 3 is 2.50 bits per heavy atom. The number of carbonyl (C=O) groups is 3. The standard InChI is InChI=1S/C34H48N4O8/c1-23(25-17-26(36-30(18-25)42-5)13-10-16-35-32(40)43-6)38(27-14-15-27)31(39)29-20-37(33(41)46-34(2,3)4)19-28(45-29)22-44-21-24-11-8-7-9-12-24/h7-9,11-12,17-18,23,27-29H,10,13-16,19-22H2,1-6H3,(H,35,40)/t23-,28+,29-/m1/s1. The molecule has 1 aromatic carbocycles. The van der Waals surface area contributed by atoms with Crippen molar-refractivity contribution >= 4 is 18.1 Å². The van der Waals surface area contributed by atoms with Crippen molar-refractivity contribution in [2.75, 3.05) is 40.5 Å². The van der Waals surface area contributed by atoms with Crippen LogP contribution >= 0.6 is 0 Å². The fourth-order valence-corrected chi connectivity index (χ4v) is 5.38. The zero-order chi connectivity index (χ0) is 33.3. The Hall–Kier alpha value is -3.90. The number of carbonyl (C=O) groups excluding carboxylic acids is 3. The van der Waals surface area contributed by atoms with Crippen molar-refractivity contribution in [2.45, 2.75) is 89.9 Å². The van der Waals surface area contributed by atoms with Crippen LogP contribution in [0.5, 0.6) is 5.88 Å². The Balaban J connectivity index is 1.50. The molecular formula is C34H48N4O8. The Bertz CT molecular complexity index is 1310. The van der Waals surface area contributed by atoms with Gasteiger partial charge in [-0.05, 0) is 70.6 Å². The largest absolute Gasteiger partial charge is 0.481 e. The Labute approximate surface area is 271 Å². The summed E-state index contributed by atoms with van der Waals surface area (Å²) in [6.07, 6.45) is 0.652. The predicted octanol–water partition coefficient (Wildman–Crippen LogP) is 4.65. The molecule has 0 spiro atoms. The monoisotopic (exact) mass is 640 g/mol. The first-order chi connectivity index (χ1) is 22.0. The number of methoxy groups -OCH3 is 2. The van der Waals surface area contributed by atoms with Gasteiger partial charge in [0.15, 0.2) is 6.10 Å². The number of nitrogens with one attached hydrogen (secondary N) is 1. The molecule has 1 aliphatic carbocycles. The average molecular weight is 641 g/mol. The fraction of sp³-hybridized carbons (Fsp3) is 0.588. The number of rotatable bonds is 13. The van der Waals surface area contributed by atoms with Gasteiger partial charge in [0.05, 0.1) is 52.7 Å². The molecule has 12 nitrogen and oxygen atoms in total. The minimum Gasteiger partial charge on any atom is -0.481 e. The first-order valence-electron chi connectivity index (χ1n) is 15.9. The Kier molecular flexibility index (Phi) is 12.2. The number of pyridine rings is 1. The average Bonchev–Trinajstić information content (AvgIpc) is 3.87. The summed E-state index contributed by atoms with van der Waals surface area (Å²) in [7, 11) is 2.89. The number of alkyl carbamates (subject to hydrolysis) is 1. The third-order valence-corrected chi connectivity index (χ3v) is 7.75. The molecule has 2 aromatic rings. The minimum atomic E-state index is -0.887. The number of hydrogen-bond acceptors (Lipinski definition) is 9. The second-order valence-corrected chi connectivity index (χ2v) is 12.7. The van der Waals surface area contributed by atoms with Gasteiger partial charge in [0.25, 0.3) is 5.91 Å². The number of aromatic nitrogens is 1. The van der Waals surface area contributed by atoms with Gasteiger partial charge in [0, 0.05) is 24.3 Å². The van der Waals surface area contributed by atoms with E-state index in [1.807, 2.05) is 75.1 Å². The van der Waals surface area contributed by atoms with E-state index < -0.39 is 30.0 Å². The molecule has 2 heterocycles. The lowest BCUT2D eigenvalue weighted by molar-refractivity contribution is -0.164. The van der Waals surface area contributed by atoms with Gasteiger partial charge >= 0.3 is 12.2 Å². The lowest BCUT2D eigenvalue weighted by atomic mass is 10.0. The highest BCUT2D eigenvalue weighted by molar-refractivity contribution is 5.83. The molecule has 1 saturated carbocycles. The summed E-state index contributed by atoms with van der Waals surface area (Å²) >= 11 is 0. The van der Waals surface area contributed by atoms with E-state index in [0.717, 1.165) is 29.7 Å². The molecule has 3 atom stereocenters. The highest BCUT2D eigenvalue weighted by atomic mass is 16.6. The molecule has 12 heteroatoms. The van der Waals surface area contributed by atoms with Gasteiger partial charge < -0.3 is 38.8 Å². The summed E-state index contributed by atoms with van der Waals surface area (Å²) in [6, 6.07) is 13.4. The number of nitrogens with zero attached hydrogens (tertiary/aromatic N) is 3. The van der Waals surface area contributed by atoms with Crippen molar-refractivity contribution in [3.63, 3.8) is 0 Å². The van der Waals surface area contributed by atoms with E-state index in [9.17, 15) is 14.4 Å². The highest BCUT2D eigenvalue weighted by Gasteiger charge is 2.44. The van der Waals surface area contributed by atoms with Gasteiger partial charge in [-0.3, -0.25) is 4.79 Å². The number of ether oxygens (including phenoxy) is 5. The third-order valence-electron chi connectivity index (χ3n) is 7.75. The molecule has 1 saturated heterocycles. The van der Waals surface area contributed by atoms with Crippen molar-refractivity contribution in [1.29, 1.82) is 0 Å². The molecular weight excluding hydrogens is 592 g/mol. The van der Waals surface area contributed by atoms with Crippen LogP contribution in [0, 0.1) is 0 Å². The smallest absolute Gasteiger partial charge is 0.410 e. The normalized spacial score (nSPS) is 18.8. The highest BCUT2D eigenvalue weighted by Crippen LogP contribution is 2.37. The van der Waals surface area contributed by atoms with E-state index in [1.165, 1.54) is 7.11 Å². The van der Waals surface area contributed by atoms with Crippen LogP contribution in [0.4, 0.5) is 9.59 Å². The molecule has 0 bridgehead atoms. The van der Waals surface area contributed by atoms with Crippen LogP contribution in [0.25, 0.3) is 0 Å². The van der Waals surface area contributed by atoms with E-state index >= 15 is 0 Å². The number of hydrogen-bond donors (Lipinski definition) is 1. The zero-order valence-corrected chi connectivity index (χ0v) is 27.8. The maximum Gasteiger partial charge on any atom is 0.410 e. The van der Waals surface area contributed by atoms with Crippen molar-refractivity contribution in [2.24, 2.45) is 0 Å². The summed E-state index contributed by atoms with van der Waals surface area (Å²) in [4.78, 5) is 46.9. The van der Waals surface area contributed by atoms with Crippen LogP contribution in [0.2, 0.25) is 0 Å². The Morgan fingerprint density at radius 2 is 1.85 bits per heavy atom. The summed E-state index contributed by atoms with van der Waals surface area (Å²) in [5.74, 6) is 0.264. The topological polar surface area (TPSA) is 129 Å². The molecule has 3 amide bonds. The molecule has 2 fully saturated rings. The fourth-order valence-electron chi connectivity index (χ4n) is 5.38. The van der Waals surface area contributed by atoms with Crippen LogP contribution in [0.3, 0.4) is 0 Å². The second-order valence-electron chi connectivity index (χ2n) is 12.7. The van der Waals surface area contributed by atoms with Gasteiger partial charge in [0.2, 0.25) is 5.88 Å². The number of aryl methyl sites for hydroxylation is 1. The second kappa shape index (κ2) is 16.1. The summed E-state index contributed by atoms with van der Waals surface area (Å²) in [5.41, 5.74) is 2.01. The molecule has 1 aliphatic heterocycles. The van der Waals surface area contributed by atoms with Gasteiger partial charge in [-0.25, -0.2) is 14.6 Å². The van der Waals surface area contributed by atoms with Gasteiger partial charge in [-0.15, -0.1) is 0 Å². The van der Waals surface area contributed by atoms with Crippen LogP contribution < -0.4 is 10.1 Å². The number of benzene rings is 1. The van der Waals surface area contributed by atoms with Crippen molar-refractivity contribution < 1.29 is 38.1 Å². The van der Waals surface area contributed by atoms with Gasteiger partial charge in [0.1, 0.15) is 5.60 Å². The molecule has 252 valence electrons. The lowest BCUT2D eigenvalue weighted by Crippen LogP contribution is -2.57. The molecule has 46 heavy (non-hydrogen) atoms. The summed E-state index contributed by atoms with van der Waals surface area (Å²) in [5, 5.41) is 2.68. The molecule has 2 aliphatic rings. The Morgan fingerprint density at radius 1 is 1.11 bits per heavy atom. The first-order valence-corrected chi connectivity index (χ1v) is 15.9. The van der Waals surface area contributed by atoms with Gasteiger partial charge in [-0.1, -0.05) is 30.3 Å². The zero-order valence-electron chi connectivity index (χ0n) is 27.8. The maximum absolute atomic E-state index is 14.3. The summed E-state index contributed by atoms with van der Waals surface area (Å²) in [6.45, 7) is 8.82. The van der Waals surface area contributed by atoms with Crippen molar-refractivity contribution in [3.8, 4) is 5.88 Å². The molecule has 0 radical (unpaired) electrons. The van der Waals surface area contributed by atoms with Crippen LogP contribution in [0.15, 0.2) is 42.5 Å². The van der Waals surface area contributed by atoms with Crippen LogP contribution in [-0.4, -0.2) is 97.2 Å². The van der Waals surface area contributed by atoms with Crippen molar-refractivity contribution in [3.05, 3.63) is 59.3 Å². The quantitative estimate of drug-likeness (QED) is 0.311. The third kappa shape index (κ3) is 10.3. The minimum absolute atomic E-state index is 0.0580. The first kappa shape index (κ1) is 35.0. The molecule has 1 aromatic heterocycles. The van der Waals surface area contributed by atoms with E-state index in [1.54, 1.807) is 12.0 Å². The van der Waals surface area contributed by atoms with Crippen LogP contribution in [0.1, 0.15) is 69.8 Å². The van der Waals surface area contributed by atoms with E-state index in [2.05, 4.69) is 15.0 Å². The predicted molar refractivity (Wildman–Crippen MR) is 170 cm³/mol. The van der Waals surface area contributed by atoms with E-state index in [-0.39, 0.29) is 37.7 Å². The van der Waals surface area contributed by atoms with E-state index in [0.29, 0.717) is 31.9 Å². The molecule has 0 unspecified atom stereocenters. The number of amides is 3. The lowest BCUT2D eigenvalue weighted by Gasteiger charge is -2.40. The molecule has 4 rings (SSSR count).